The molecule has 0 bridgehead atoms. The van der Waals surface area contributed by atoms with Crippen LogP contribution in [0.25, 0.3) is 0 Å². The lowest BCUT2D eigenvalue weighted by Crippen LogP contribution is -2.30. The molecule has 2 rings (SSSR count). The second-order valence-electron chi connectivity index (χ2n) is 6.25. The average molecular weight is 340 g/mol. The molecule has 0 aliphatic heterocycles. The lowest BCUT2D eigenvalue weighted by Gasteiger charge is -2.19. The van der Waals surface area contributed by atoms with Gasteiger partial charge in [0.2, 0.25) is 5.91 Å². The third-order valence-electron chi connectivity index (χ3n) is 4.45. The third-order valence-corrected chi connectivity index (χ3v) is 4.45. The Hall–Kier alpha value is -1.59. The summed E-state index contributed by atoms with van der Waals surface area (Å²) in [5, 5.41) is 2.99. The molecule has 1 aromatic rings. The molecule has 1 aromatic carbocycles. The summed E-state index contributed by atoms with van der Waals surface area (Å²) in [6.07, 6.45) is 2.97. The van der Waals surface area contributed by atoms with Gasteiger partial charge in [0.1, 0.15) is 0 Å². The van der Waals surface area contributed by atoms with E-state index in [2.05, 4.69) is 5.32 Å². The molecule has 128 valence electrons. The molecule has 0 unspecified atom stereocenters. The number of hydrogen-bond donors (Lipinski definition) is 2. The minimum Gasteiger partial charge on any atom is -0.345 e. The van der Waals surface area contributed by atoms with Crippen molar-refractivity contribution in [2.75, 3.05) is 26.0 Å². The Kier molecular flexibility index (Phi) is 7.03. The number of benzene rings is 1. The van der Waals surface area contributed by atoms with Crippen molar-refractivity contribution in [3.8, 4) is 0 Å². The van der Waals surface area contributed by atoms with Gasteiger partial charge in [0, 0.05) is 31.3 Å². The van der Waals surface area contributed by atoms with Gasteiger partial charge in [0.05, 0.1) is 0 Å². The topological polar surface area (TPSA) is 75.4 Å². The second kappa shape index (κ2) is 8.31. The van der Waals surface area contributed by atoms with Gasteiger partial charge in [-0.2, -0.15) is 0 Å². The largest absolute Gasteiger partial charge is 0.345 e. The number of rotatable bonds is 4. The predicted octanol–water partition coefficient (Wildman–Crippen LogP) is 2.43. The van der Waals surface area contributed by atoms with Gasteiger partial charge in [-0.05, 0) is 49.9 Å². The van der Waals surface area contributed by atoms with Crippen LogP contribution in [0.3, 0.4) is 0 Å². The predicted molar refractivity (Wildman–Crippen MR) is 95.0 cm³/mol. The van der Waals surface area contributed by atoms with E-state index in [0.29, 0.717) is 17.8 Å². The van der Waals surface area contributed by atoms with Crippen LogP contribution < -0.4 is 11.1 Å². The molecule has 1 aliphatic rings. The van der Waals surface area contributed by atoms with Gasteiger partial charge in [-0.3, -0.25) is 9.59 Å². The van der Waals surface area contributed by atoms with Gasteiger partial charge in [-0.15, -0.1) is 12.4 Å². The van der Waals surface area contributed by atoms with Crippen LogP contribution in [-0.2, 0) is 4.79 Å². The number of carbonyl (C=O) groups is 2. The number of nitrogens with two attached hydrogens (primary N) is 1. The Morgan fingerprint density at radius 1 is 1.30 bits per heavy atom. The van der Waals surface area contributed by atoms with Crippen molar-refractivity contribution >= 4 is 29.9 Å². The highest BCUT2D eigenvalue weighted by Gasteiger charge is 2.32. The molecule has 1 aliphatic carbocycles. The normalized spacial score (nSPS) is 19.8. The van der Waals surface area contributed by atoms with Gasteiger partial charge < -0.3 is 16.0 Å². The van der Waals surface area contributed by atoms with Crippen molar-refractivity contribution in [3.63, 3.8) is 0 Å². The number of nitrogens with zero attached hydrogens (tertiary/aromatic N) is 1. The first kappa shape index (κ1) is 19.5. The maximum absolute atomic E-state index is 12.5. The van der Waals surface area contributed by atoms with Crippen molar-refractivity contribution in [2.24, 2.45) is 17.6 Å². The Bertz CT molecular complexity index is 575. The number of nitrogens with one attached hydrogen (secondary N) is 1. The summed E-state index contributed by atoms with van der Waals surface area (Å²) in [4.78, 5) is 26.1. The summed E-state index contributed by atoms with van der Waals surface area (Å²) >= 11 is 0. The number of hydrogen-bond acceptors (Lipinski definition) is 3. The number of carbonyl (C=O) groups excluding carboxylic acids is 2. The van der Waals surface area contributed by atoms with Crippen LogP contribution in [-0.4, -0.2) is 37.4 Å². The Morgan fingerprint density at radius 2 is 2.00 bits per heavy atom. The highest BCUT2D eigenvalue weighted by Crippen LogP contribution is 2.32. The molecule has 1 saturated carbocycles. The van der Waals surface area contributed by atoms with E-state index in [-0.39, 0.29) is 36.1 Å². The summed E-state index contributed by atoms with van der Waals surface area (Å²) in [5.74, 6) is 0.200. The molecule has 2 amide bonds. The molecule has 0 spiro atoms. The lowest BCUT2D eigenvalue weighted by molar-refractivity contribution is -0.120. The monoisotopic (exact) mass is 339 g/mol. The number of aryl methyl sites for hydroxylation is 1. The molecule has 5 nitrogen and oxygen atoms in total. The second-order valence-corrected chi connectivity index (χ2v) is 6.25. The third kappa shape index (κ3) is 4.45. The van der Waals surface area contributed by atoms with E-state index in [1.165, 1.54) is 4.90 Å². The summed E-state index contributed by atoms with van der Waals surface area (Å²) in [6, 6.07) is 5.40. The van der Waals surface area contributed by atoms with Crippen LogP contribution in [0.5, 0.6) is 0 Å². The van der Waals surface area contributed by atoms with E-state index < -0.39 is 0 Å². The van der Waals surface area contributed by atoms with Crippen molar-refractivity contribution in [3.05, 3.63) is 29.3 Å². The average Bonchev–Trinajstić information content (AvgIpc) is 2.97. The van der Waals surface area contributed by atoms with Crippen LogP contribution in [0.1, 0.15) is 35.2 Å². The molecule has 0 saturated heterocycles. The minimum atomic E-state index is -0.0730. The summed E-state index contributed by atoms with van der Waals surface area (Å²) in [5.41, 5.74) is 7.99. The van der Waals surface area contributed by atoms with Crippen LogP contribution in [0, 0.1) is 18.8 Å². The summed E-state index contributed by atoms with van der Waals surface area (Å²) < 4.78 is 0. The number of anilines is 1. The molecule has 0 aromatic heterocycles. The molecular formula is C17H26ClN3O2. The standard InChI is InChI=1S/C17H25N3O2.ClH/c1-11-7-8-12(17(22)20(2)3)9-15(11)19-16(21)14-6-4-5-13(14)10-18;/h7-9,13-14H,4-6,10,18H2,1-3H3,(H,19,21);1H/t13-,14-;/m1./s1. The first-order valence-electron chi connectivity index (χ1n) is 7.77. The van der Waals surface area contributed by atoms with E-state index in [0.717, 1.165) is 24.8 Å². The summed E-state index contributed by atoms with van der Waals surface area (Å²) in [7, 11) is 3.43. The molecule has 2 atom stereocenters. The van der Waals surface area contributed by atoms with E-state index in [9.17, 15) is 9.59 Å². The van der Waals surface area contributed by atoms with Crippen molar-refractivity contribution in [2.45, 2.75) is 26.2 Å². The first-order chi connectivity index (χ1) is 10.4. The molecule has 1 fully saturated rings. The fourth-order valence-electron chi connectivity index (χ4n) is 3.04. The molecule has 23 heavy (non-hydrogen) atoms. The van der Waals surface area contributed by atoms with E-state index in [1.54, 1.807) is 26.2 Å². The van der Waals surface area contributed by atoms with Gasteiger partial charge in [0.15, 0.2) is 0 Å². The highest BCUT2D eigenvalue weighted by molar-refractivity contribution is 5.98. The van der Waals surface area contributed by atoms with Crippen LogP contribution in [0.4, 0.5) is 5.69 Å². The van der Waals surface area contributed by atoms with Gasteiger partial charge >= 0.3 is 0 Å². The SMILES string of the molecule is Cc1ccc(C(=O)N(C)C)cc1NC(=O)[C@@H]1CCC[C@@H]1CN.Cl. The molecule has 0 heterocycles. The van der Waals surface area contributed by atoms with Crippen molar-refractivity contribution in [1.82, 2.24) is 4.90 Å². The highest BCUT2D eigenvalue weighted by atomic mass is 35.5. The smallest absolute Gasteiger partial charge is 0.253 e. The molecular weight excluding hydrogens is 314 g/mol. The van der Waals surface area contributed by atoms with Crippen LogP contribution >= 0.6 is 12.4 Å². The van der Waals surface area contributed by atoms with E-state index >= 15 is 0 Å². The molecule has 6 heteroatoms. The van der Waals surface area contributed by atoms with Gasteiger partial charge in [-0.1, -0.05) is 12.5 Å². The molecule has 0 radical (unpaired) electrons. The first-order valence-corrected chi connectivity index (χ1v) is 7.77. The number of amides is 2. The Balaban J connectivity index is 0.00000264. The van der Waals surface area contributed by atoms with Crippen LogP contribution in [0.15, 0.2) is 18.2 Å². The lowest BCUT2D eigenvalue weighted by atomic mass is 9.95. The Labute approximate surface area is 144 Å². The maximum Gasteiger partial charge on any atom is 0.253 e. The van der Waals surface area contributed by atoms with E-state index in [4.69, 9.17) is 5.73 Å². The zero-order chi connectivity index (χ0) is 16.3. The minimum absolute atomic E-state index is 0. The van der Waals surface area contributed by atoms with Gasteiger partial charge in [0.25, 0.3) is 5.91 Å². The fraction of sp³-hybridized carbons (Fsp3) is 0.529. The van der Waals surface area contributed by atoms with E-state index in [1.807, 2.05) is 13.0 Å². The molecule has 3 N–H and O–H groups in total. The quantitative estimate of drug-likeness (QED) is 0.884. The number of halogens is 1. The Morgan fingerprint density at radius 3 is 2.61 bits per heavy atom. The maximum atomic E-state index is 12.5. The summed E-state index contributed by atoms with van der Waals surface area (Å²) in [6.45, 7) is 2.48. The van der Waals surface area contributed by atoms with Crippen LogP contribution in [0.2, 0.25) is 0 Å². The van der Waals surface area contributed by atoms with Gasteiger partial charge in [-0.25, -0.2) is 0 Å². The van der Waals surface area contributed by atoms with Crippen molar-refractivity contribution in [1.29, 1.82) is 0 Å². The fourth-order valence-corrected chi connectivity index (χ4v) is 3.04. The van der Waals surface area contributed by atoms with Crippen molar-refractivity contribution < 1.29 is 9.59 Å². The zero-order valence-electron chi connectivity index (χ0n) is 14.0. The zero-order valence-corrected chi connectivity index (χ0v) is 14.8.